The van der Waals surface area contributed by atoms with Crippen molar-refractivity contribution in [1.29, 1.82) is 0 Å². The first-order valence-electron chi connectivity index (χ1n) is 3.95. The molecule has 0 spiro atoms. The average molecular weight is 155 g/mol. The highest BCUT2D eigenvalue weighted by Gasteiger charge is 2.06. The minimum absolute atomic E-state index is 0.296. The molecule has 1 aliphatic heterocycles. The van der Waals surface area contributed by atoms with E-state index in [1.807, 2.05) is 0 Å². The van der Waals surface area contributed by atoms with Crippen LogP contribution in [0.2, 0.25) is 0 Å². The van der Waals surface area contributed by atoms with E-state index in [9.17, 15) is 4.79 Å². The van der Waals surface area contributed by atoms with Crippen molar-refractivity contribution >= 4 is 6.09 Å². The number of amides is 1. The Balaban J connectivity index is 0.000000112. The molecule has 0 unspecified atom stereocenters. The van der Waals surface area contributed by atoms with Crippen LogP contribution in [0.1, 0.15) is 19.3 Å². The molecule has 11 heavy (non-hydrogen) atoms. The predicted molar refractivity (Wildman–Crippen MR) is 42.3 cm³/mol. The first-order chi connectivity index (χ1) is 5.39. The van der Waals surface area contributed by atoms with E-state index in [0.717, 1.165) is 0 Å². The lowest BCUT2D eigenvalue weighted by atomic mass is 10.4. The monoisotopic (exact) mass is 155 g/mol. The van der Waals surface area contributed by atoms with Crippen LogP contribution in [0.25, 0.3) is 0 Å². The fourth-order valence-electron chi connectivity index (χ4n) is 0.937. The number of hydrogen-bond acceptors (Lipinski definition) is 2. The van der Waals surface area contributed by atoms with E-state index in [4.69, 9.17) is 0 Å². The molecule has 1 saturated heterocycles. The van der Waals surface area contributed by atoms with Crippen molar-refractivity contribution in [2.75, 3.05) is 13.2 Å². The van der Waals surface area contributed by atoms with Crippen molar-refractivity contribution in [3.05, 3.63) is 12.2 Å². The summed E-state index contributed by atoms with van der Waals surface area (Å²) < 4.78 is 4.40. The molecule has 1 N–H and O–H groups in total. The van der Waals surface area contributed by atoms with Gasteiger partial charge in [0.05, 0.1) is 6.54 Å². The Morgan fingerprint density at radius 2 is 2.09 bits per heavy atom. The van der Waals surface area contributed by atoms with Crippen molar-refractivity contribution < 1.29 is 9.53 Å². The molecule has 0 aromatic heterocycles. The standard InChI is InChI=1S/C5H8.C3H5NO2/c1-2-4-5-3-1;5-3-4-1-2-6-3/h1-2H,3-5H2;1-2H2,(H,4,5). The average Bonchev–Trinajstić information content (AvgIpc) is 2.57. The molecule has 62 valence electrons. The molecule has 1 heterocycles. The molecular formula is C8H13NO2. The van der Waals surface area contributed by atoms with Gasteiger partial charge in [-0.1, -0.05) is 12.2 Å². The van der Waals surface area contributed by atoms with Gasteiger partial charge in [0, 0.05) is 0 Å². The molecule has 0 atom stereocenters. The van der Waals surface area contributed by atoms with E-state index in [1.165, 1.54) is 19.3 Å². The number of rotatable bonds is 0. The summed E-state index contributed by atoms with van der Waals surface area (Å²) in [5, 5.41) is 2.46. The van der Waals surface area contributed by atoms with Gasteiger partial charge in [0.15, 0.2) is 0 Å². The maximum Gasteiger partial charge on any atom is 0.407 e. The van der Waals surface area contributed by atoms with Crippen molar-refractivity contribution in [3.63, 3.8) is 0 Å². The minimum Gasteiger partial charge on any atom is -0.448 e. The highest BCUT2D eigenvalue weighted by Crippen LogP contribution is 2.05. The third-order valence-electron chi connectivity index (χ3n) is 1.51. The summed E-state index contributed by atoms with van der Waals surface area (Å²) in [5.41, 5.74) is 0. The topological polar surface area (TPSA) is 38.3 Å². The predicted octanol–water partition coefficient (Wildman–Crippen LogP) is 1.45. The highest BCUT2D eigenvalue weighted by atomic mass is 16.6. The van der Waals surface area contributed by atoms with E-state index < -0.39 is 0 Å². The Bertz CT molecular complexity index is 140. The maximum atomic E-state index is 9.91. The fraction of sp³-hybridized carbons (Fsp3) is 0.625. The van der Waals surface area contributed by atoms with Crippen molar-refractivity contribution in [2.24, 2.45) is 0 Å². The third-order valence-corrected chi connectivity index (χ3v) is 1.51. The summed E-state index contributed by atoms with van der Waals surface area (Å²) in [7, 11) is 0. The van der Waals surface area contributed by atoms with E-state index >= 15 is 0 Å². The third kappa shape index (κ3) is 3.65. The molecule has 2 aliphatic rings. The number of carbonyl (C=O) groups is 1. The van der Waals surface area contributed by atoms with Gasteiger partial charge < -0.3 is 10.1 Å². The molecule has 1 amide bonds. The fourth-order valence-corrected chi connectivity index (χ4v) is 0.937. The molecule has 0 radical (unpaired) electrons. The number of nitrogens with one attached hydrogen (secondary N) is 1. The lowest BCUT2D eigenvalue weighted by Crippen LogP contribution is -2.11. The summed E-state index contributed by atoms with van der Waals surface area (Å²) in [6.45, 7) is 1.19. The van der Waals surface area contributed by atoms with Crippen LogP contribution < -0.4 is 5.32 Å². The lowest BCUT2D eigenvalue weighted by Gasteiger charge is -1.80. The van der Waals surface area contributed by atoms with E-state index in [1.54, 1.807) is 0 Å². The van der Waals surface area contributed by atoms with Gasteiger partial charge in [0.1, 0.15) is 6.61 Å². The van der Waals surface area contributed by atoms with E-state index in [-0.39, 0.29) is 6.09 Å². The molecule has 1 aliphatic carbocycles. The largest absolute Gasteiger partial charge is 0.448 e. The zero-order valence-electron chi connectivity index (χ0n) is 6.51. The van der Waals surface area contributed by atoms with Crippen molar-refractivity contribution in [3.8, 4) is 0 Å². The molecule has 0 aromatic rings. The second-order valence-electron chi connectivity index (χ2n) is 2.47. The van der Waals surface area contributed by atoms with Gasteiger partial charge in [-0.05, 0) is 19.3 Å². The van der Waals surface area contributed by atoms with Gasteiger partial charge in [0.2, 0.25) is 0 Å². The van der Waals surface area contributed by atoms with Gasteiger partial charge in [-0.25, -0.2) is 4.79 Å². The Morgan fingerprint density at radius 3 is 2.27 bits per heavy atom. The molecule has 0 bridgehead atoms. The number of hydrogen-bond donors (Lipinski definition) is 1. The van der Waals surface area contributed by atoms with Crippen LogP contribution in [0, 0.1) is 0 Å². The van der Waals surface area contributed by atoms with Crippen molar-refractivity contribution in [1.82, 2.24) is 5.32 Å². The normalized spacial score (nSPS) is 20.2. The van der Waals surface area contributed by atoms with Crippen LogP contribution in [-0.2, 0) is 4.74 Å². The van der Waals surface area contributed by atoms with Gasteiger partial charge in [0.25, 0.3) is 0 Å². The van der Waals surface area contributed by atoms with E-state index in [2.05, 4.69) is 22.2 Å². The van der Waals surface area contributed by atoms with E-state index in [0.29, 0.717) is 13.2 Å². The van der Waals surface area contributed by atoms with Crippen LogP contribution in [0.15, 0.2) is 12.2 Å². The zero-order chi connectivity index (χ0) is 7.94. The number of alkyl carbamates (subject to hydrolysis) is 1. The molecule has 3 heteroatoms. The first kappa shape index (κ1) is 8.11. The lowest BCUT2D eigenvalue weighted by molar-refractivity contribution is 0.178. The SMILES string of the molecule is C1=CCCC1.O=C1NCCO1. The van der Waals surface area contributed by atoms with Gasteiger partial charge in [-0.15, -0.1) is 0 Å². The number of cyclic esters (lactones) is 1. The second kappa shape index (κ2) is 4.77. The Hall–Kier alpha value is -0.990. The van der Waals surface area contributed by atoms with Gasteiger partial charge >= 0.3 is 6.09 Å². The Kier molecular flexibility index (Phi) is 3.52. The van der Waals surface area contributed by atoms with Gasteiger partial charge in [-0.3, -0.25) is 0 Å². The van der Waals surface area contributed by atoms with Gasteiger partial charge in [-0.2, -0.15) is 0 Å². The summed E-state index contributed by atoms with van der Waals surface area (Å²) in [5.74, 6) is 0. The van der Waals surface area contributed by atoms with Crippen LogP contribution in [0.4, 0.5) is 4.79 Å². The van der Waals surface area contributed by atoms with Crippen LogP contribution >= 0.6 is 0 Å². The minimum atomic E-state index is -0.296. The number of carbonyl (C=O) groups excluding carboxylic acids is 1. The Labute approximate surface area is 66.4 Å². The molecule has 0 saturated carbocycles. The smallest absolute Gasteiger partial charge is 0.407 e. The summed E-state index contributed by atoms with van der Waals surface area (Å²) in [6, 6.07) is 0. The molecule has 3 nitrogen and oxygen atoms in total. The van der Waals surface area contributed by atoms with Crippen molar-refractivity contribution in [2.45, 2.75) is 19.3 Å². The van der Waals surface area contributed by atoms with Crippen LogP contribution in [0.3, 0.4) is 0 Å². The maximum absolute atomic E-state index is 9.91. The summed E-state index contributed by atoms with van der Waals surface area (Å²) in [6.07, 6.45) is 8.20. The number of allylic oxidation sites excluding steroid dienone is 2. The molecule has 1 fully saturated rings. The van der Waals surface area contributed by atoms with Crippen LogP contribution in [-0.4, -0.2) is 19.2 Å². The zero-order valence-corrected chi connectivity index (χ0v) is 6.51. The Morgan fingerprint density at radius 1 is 1.36 bits per heavy atom. The molecule has 2 rings (SSSR count). The molecular weight excluding hydrogens is 142 g/mol. The van der Waals surface area contributed by atoms with Crippen LogP contribution in [0.5, 0.6) is 0 Å². The quantitative estimate of drug-likeness (QED) is 0.538. The highest BCUT2D eigenvalue weighted by molar-refractivity contribution is 5.68. The summed E-state index contributed by atoms with van der Waals surface area (Å²) in [4.78, 5) is 9.91. The summed E-state index contributed by atoms with van der Waals surface area (Å²) >= 11 is 0. The number of ether oxygens (including phenoxy) is 1. The second-order valence-corrected chi connectivity index (χ2v) is 2.47. The first-order valence-corrected chi connectivity index (χ1v) is 3.95. The molecule has 0 aromatic carbocycles.